The average Bonchev–Trinajstić information content (AvgIpc) is 3.02. The molecule has 0 aromatic heterocycles. The molecule has 0 radical (unpaired) electrons. The Bertz CT molecular complexity index is 788. The number of benzene rings is 2. The maximum absolute atomic E-state index is 13.0. The van der Waals surface area contributed by atoms with E-state index in [1.807, 2.05) is 61.5 Å². The van der Waals surface area contributed by atoms with Crippen LogP contribution in [0.5, 0.6) is 0 Å². The normalized spacial score (nSPS) is 22.4. The summed E-state index contributed by atoms with van der Waals surface area (Å²) in [6, 6.07) is 17.4. The molecule has 2 heterocycles. The highest BCUT2D eigenvalue weighted by Crippen LogP contribution is 2.38. The van der Waals surface area contributed by atoms with Gasteiger partial charge in [-0.15, -0.1) is 0 Å². The van der Waals surface area contributed by atoms with Crippen LogP contribution in [-0.4, -0.2) is 30.6 Å². The maximum atomic E-state index is 13.0. The van der Waals surface area contributed by atoms with Crippen LogP contribution in [0.25, 0.3) is 0 Å². The molecule has 0 aliphatic carbocycles. The molecule has 4 rings (SSSR count). The number of nitrogens with one attached hydrogen (secondary N) is 1. The summed E-state index contributed by atoms with van der Waals surface area (Å²) in [7, 11) is 0. The van der Waals surface area contributed by atoms with E-state index in [1.54, 1.807) is 4.90 Å². The van der Waals surface area contributed by atoms with E-state index in [0.29, 0.717) is 12.4 Å². The van der Waals surface area contributed by atoms with Crippen molar-refractivity contribution in [3.63, 3.8) is 0 Å². The summed E-state index contributed by atoms with van der Waals surface area (Å²) in [6.07, 6.45) is 0. The third-order valence-electron chi connectivity index (χ3n) is 4.18. The van der Waals surface area contributed by atoms with E-state index in [-0.39, 0.29) is 12.5 Å². The highest BCUT2D eigenvalue weighted by atomic mass is 16.5. The third kappa shape index (κ3) is 2.08. The van der Waals surface area contributed by atoms with Crippen LogP contribution >= 0.6 is 0 Å². The van der Waals surface area contributed by atoms with Crippen molar-refractivity contribution in [1.29, 1.82) is 0 Å². The Morgan fingerprint density at radius 3 is 2.70 bits per heavy atom. The molecule has 1 N–H and O–H groups in total. The first-order valence-electron chi connectivity index (χ1n) is 7.71. The first-order chi connectivity index (χ1) is 11.2. The van der Waals surface area contributed by atoms with Crippen molar-refractivity contribution in [3.05, 3.63) is 60.2 Å². The zero-order valence-electron chi connectivity index (χ0n) is 12.8. The minimum Gasteiger partial charge on any atom is -0.472 e. The summed E-state index contributed by atoms with van der Waals surface area (Å²) in [5, 5.41) is 3.28. The van der Waals surface area contributed by atoms with Gasteiger partial charge in [-0.05, 0) is 31.2 Å². The lowest BCUT2D eigenvalue weighted by molar-refractivity contribution is -0.123. The number of para-hydroxylation sites is 2. The van der Waals surface area contributed by atoms with Crippen LogP contribution in [0.3, 0.4) is 0 Å². The van der Waals surface area contributed by atoms with Crippen LogP contribution in [0, 0.1) is 0 Å². The number of nitrogens with zero attached hydrogens (tertiary/aromatic N) is 2. The molecular weight excluding hydrogens is 290 g/mol. The quantitative estimate of drug-likeness (QED) is 0.928. The lowest BCUT2D eigenvalue weighted by atomic mass is 10.0. The summed E-state index contributed by atoms with van der Waals surface area (Å²) < 4.78 is 5.75. The SMILES string of the molecule is CCN1C(=O)C2(COC(c3ccccc3)=N2)Nc2ccccc21. The molecule has 1 spiro atoms. The molecule has 0 bridgehead atoms. The van der Waals surface area contributed by atoms with Gasteiger partial charge in [-0.2, -0.15) is 0 Å². The number of anilines is 2. The fourth-order valence-corrected chi connectivity index (χ4v) is 3.05. The minimum atomic E-state index is -1.07. The summed E-state index contributed by atoms with van der Waals surface area (Å²) in [4.78, 5) is 19.4. The summed E-state index contributed by atoms with van der Waals surface area (Å²) in [6.45, 7) is 2.75. The van der Waals surface area contributed by atoms with Crippen LogP contribution in [0.1, 0.15) is 12.5 Å². The molecule has 23 heavy (non-hydrogen) atoms. The number of carbonyl (C=O) groups is 1. The Morgan fingerprint density at radius 2 is 1.91 bits per heavy atom. The highest BCUT2D eigenvalue weighted by molar-refractivity contribution is 6.10. The Labute approximate surface area is 134 Å². The second-order valence-corrected chi connectivity index (χ2v) is 5.62. The van der Waals surface area contributed by atoms with Crippen LogP contribution in [0.2, 0.25) is 0 Å². The smallest absolute Gasteiger partial charge is 0.279 e. The molecule has 1 atom stereocenters. The van der Waals surface area contributed by atoms with Crippen molar-refractivity contribution in [3.8, 4) is 0 Å². The van der Waals surface area contributed by atoms with Crippen LogP contribution in [0.4, 0.5) is 11.4 Å². The van der Waals surface area contributed by atoms with Crippen molar-refractivity contribution in [1.82, 2.24) is 0 Å². The lowest BCUT2D eigenvalue weighted by Gasteiger charge is -2.38. The number of likely N-dealkylation sites (N-methyl/N-ethyl adjacent to an activating group) is 1. The van der Waals surface area contributed by atoms with Crippen LogP contribution < -0.4 is 10.2 Å². The Balaban J connectivity index is 1.78. The monoisotopic (exact) mass is 307 g/mol. The molecule has 2 aromatic rings. The van der Waals surface area contributed by atoms with Gasteiger partial charge in [0.2, 0.25) is 11.6 Å². The topological polar surface area (TPSA) is 53.9 Å². The third-order valence-corrected chi connectivity index (χ3v) is 4.18. The number of fused-ring (bicyclic) bond motifs is 1. The Morgan fingerprint density at radius 1 is 1.17 bits per heavy atom. The first-order valence-corrected chi connectivity index (χ1v) is 7.71. The Hall–Kier alpha value is -2.82. The van der Waals surface area contributed by atoms with E-state index >= 15 is 0 Å². The van der Waals surface area contributed by atoms with Gasteiger partial charge in [-0.1, -0.05) is 30.3 Å². The largest absolute Gasteiger partial charge is 0.472 e. The maximum Gasteiger partial charge on any atom is 0.279 e. The van der Waals surface area contributed by atoms with Crippen molar-refractivity contribution >= 4 is 23.2 Å². The average molecular weight is 307 g/mol. The number of aliphatic imine (C=N–C) groups is 1. The van der Waals surface area contributed by atoms with Crippen molar-refractivity contribution < 1.29 is 9.53 Å². The van der Waals surface area contributed by atoms with Crippen LogP contribution in [-0.2, 0) is 9.53 Å². The van der Waals surface area contributed by atoms with Gasteiger partial charge < -0.3 is 15.0 Å². The molecule has 1 amide bonds. The molecule has 0 saturated carbocycles. The molecule has 116 valence electrons. The van der Waals surface area contributed by atoms with Crippen LogP contribution in [0.15, 0.2) is 59.6 Å². The van der Waals surface area contributed by atoms with E-state index in [4.69, 9.17) is 4.74 Å². The summed E-state index contributed by atoms with van der Waals surface area (Å²) in [5.74, 6) is 0.423. The predicted molar refractivity (Wildman–Crippen MR) is 89.8 cm³/mol. The van der Waals surface area contributed by atoms with Gasteiger partial charge in [0.25, 0.3) is 5.91 Å². The van der Waals surface area contributed by atoms with Gasteiger partial charge in [-0.3, -0.25) is 4.79 Å². The van der Waals surface area contributed by atoms with Gasteiger partial charge in [-0.25, -0.2) is 4.99 Å². The second-order valence-electron chi connectivity index (χ2n) is 5.62. The van der Waals surface area contributed by atoms with Crippen molar-refractivity contribution in [2.75, 3.05) is 23.4 Å². The first kappa shape index (κ1) is 13.8. The number of hydrogen-bond donors (Lipinski definition) is 1. The molecule has 1 unspecified atom stereocenters. The number of hydrogen-bond acceptors (Lipinski definition) is 4. The molecular formula is C18H17N3O2. The molecule has 2 aromatic carbocycles. The van der Waals surface area contributed by atoms with E-state index in [1.165, 1.54) is 0 Å². The second kappa shape index (κ2) is 5.12. The van der Waals surface area contributed by atoms with Gasteiger partial charge in [0.05, 0.1) is 11.4 Å². The standard InChI is InChI=1S/C18H17N3O2/c1-2-21-15-11-7-6-10-14(15)19-18(17(21)22)12-23-16(20-18)13-8-4-3-5-9-13/h3-11,19H,2,12H2,1H3. The number of carbonyl (C=O) groups excluding carboxylic acids is 1. The summed E-state index contributed by atoms with van der Waals surface area (Å²) >= 11 is 0. The number of ether oxygens (including phenoxy) is 1. The predicted octanol–water partition coefficient (Wildman–Crippen LogP) is 2.64. The molecule has 2 aliphatic heterocycles. The van der Waals surface area contributed by atoms with Gasteiger partial charge in [0, 0.05) is 12.1 Å². The Kier molecular flexibility index (Phi) is 3.08. The van der Waals surface area contributed by atoms with E-state index in [9.17, 15) is 4.79 Å². The number of rotatable bonds is 2. The van der Waals surface area contributed by atoms with Crippen molar-refractivity contribution in [2.45, 2.75) is 12.6 Å². The van der Waals surface area contributed by atoms with Crippen molar-refractivity contribution in [2.24, 2.45) is 4.99 Å². The molecule has 0 saturated heterocycles. The zero-order valence-corrected chi connectivity index (χ0v) is 12.8. The number of amides is 1. The molecule has 5 nitrogen and oxygen atoms in total. The fourth-order valence-electron chi connectivity index (χ4n) is 3.05. The van der Waals surface area contributed by atoms with E-state index in [2.05, 4.69) is 10.3 Å². The van der Waals surface area contributed by atoms with E-state index < -0.39 is 5.66 Å². The molecule has 0 fully saturated rings. The zero-order chi connectivity index (χ0) is 15.9. The van der Waals surface area contributed by atoms with Gasteiger partial charge in [0.15, 0.2) is 0 Å². The lowest BCUT2D eigenvalue weighted by Crippen LogP contribution is -2.57. The summed E-state index contributed by atoms with van der Waals surface area (Å²) in [5.41, 5.74) is 1.58. The minimum absolute atomic E-state index is 0.0790. The van der Waals surface area contributed by atoms with Gasteiger partial charge >= 0.3 is 0 Å². The van der Waals surface area contributed by atoms with E-state index in [0.717, 1.165) is 16.9 Å². The fraction of sp³-hybridized carbons (Fsp3) is 0.222. The molecule has 2 aliphatic rings. The highest BCUT2D eigenvalue weighted by Gasteiger charge is 2.50. The molecule has 5 heteroatoms. The van der Waals surface area contributed by atoms with Gasteiger partial charge in [0.1, 0.15) is 6.61 Å².